The average molecular weight is 360 g/mol. The van der Waals surface area contributed by atoms with Crippen LogP contribution in [0.15, 0.2) is 60.9 Å². The van der Waals surface area contributed by atoms with Crippen LogP contribution in [0.5, 0.6) is 5.75 Å². The normalized spacial score (nSPS) is 10.0. The standard InChI is InChI=1S/C20H17FN2O3.Li.H/c1-2-26-15-5-3-4-13(10-15)14-6-7-18(17(21)11-14)23-19-12-22-9-8-16(19)20(24)25;;/h3-12,23H,2H2,1H3,(H,24,25);;. The zero-order valence-electron chi connectivity index (χ0n) is 14.1. The molecule has 0 radical (unpaired) electrons. The number of carbonyl (C=O) groups is 1. The molecule has 0 bridgehead atoms. The fourth-order valence-corrected chi connectivity index (χ4v) is 2.55. The Balaban J connectivity index is 0.00000261. The van der Waals surface area contributed by atoms with Crippen molar-refractivity contribution in [2.24, 2.45) is 0 Å². The van der Waals surface area contributed by atoms with Crippen LogP contribution in [0.4, 0.5) is 15.8 Å². The van der Waals surface area contributed by atoms with Crippen molar-refractivity contribution in [2.45, 2.75) is 6.92 Å². The number of rotatable bonds is 6. The van der Waals surface area contributed by atoms with E-state index in [2.05, 4.69) is 10.3 Å². The van der Waals surface area contributed by atoms with Crippen LogP contribution >= 0.6 is 0 Å². The van der Waals surface area contributed by atoms with Crippen LogP contribution in [-0.2, 0) is 0 Å². The van der Waals surface area contributed by atoms with Crippen molar-refractivity contribution in [3.05, 3.63) is 72.3 Å². The SMILES string of the molecule is CCOc1cccc(-c2ccc(Nc3cnccc3C(=O)O)c(F)c2)c1.[LiH]. The molecule has 0 aliphatic rings. The molecule has 0 aliphatic heterocycles. The van der Waals surface area contributed by atoms with Gasteiger partial charge in [-0.3, -0.25) is 4.98 Å². The Kier molecular flexibility index (Phi) is 7.00. The number of hydrogen-bond acceptors (Lipinski definition) is 4. The summed E-state index contributed by atoms with van der Waals surface area (Å²) in [6.07, 6.45) is 2.72. The molecule has 2 aromatic carbocycles. The molecule has 0 saturated carbocycles. The van der Waals surface area contributed by atoms with E-state index in [-0.39, 0.29) is 35.8 Å². The number of halogens is 1. The van der Waals surface area contributed by atoms with Gasteiger partial charge in [0, 0.05) is 6.20 Å². The average Bonchev–Trinajstić information content (AvgIpc) is 2.64. The van der Waals surface area contributed by atoms with Gasteiger partial charge in [0.1, 0.15) is 11.6 Å². The van der Waals surface area contributed by atoms with Crippen molar-refractivity contribution in [3.63, 3.8) is 0 Å². The number of aromatic carboxylic acids is 1. The van der Waals surface area contributed by atoms with E-state index in [4.69, 9.17) is 4.74 Å². The molecule has 0 amide bonds. The molecule has 3 aromatic rings. The molecular weight excluding hydrogens is 342 g/mol. The summed E-state index contributed by atoms with van der Waals surface area (Å²) >= 11 is 0. The molecular formula is C20H18FLiN2O3. The molecule has 27 heavy (non-hydrogen) atoms. The van der Waals surface area contributed by atoms with Gasteiger partial charge in [-0.25, -0.2) is 9.18 Å². The Hall–Kier alpha value is -2.81. The van der Waals surface area contributed by atoms with Crippen LogP contribution in [0.2, 0.25) is 0 Å². The molecule has 134 valence electrons. The van der Waals surface area contributed by atoms with Gasteiger partial charge < -0.3 is 15.2 Å². The first-order valence-corrected chi connectivity index (χ1v) is 8.05. The summed E-state index contributed by atoms with van der Waals surface area (Å²) in [7, 11) is 0. The molecule has 1 heterocycles. The predicted molar refractivity (Wildman–Crippen MR) is 105 cm³/mol. The molecule has 0 fully saturated rings. The van der Waals surface area contributed by atoms with Gasteiger partial charge in [-0.2, -0.15) is 0 Å². The molecule has 5 nitrogen and oxygen atoms in total. The van der Waals surface area contributed by atoms with E-state index in [1.54, 1.807) is 12.1 Å². The van der Waals surface area contributed by atoms with Gasteiger partial charge in [-0.1, -0.05) is 18.2 Å². The topological polar surface area (TPSA) is 71.5 Å². The number of nitrogens with zero attached hydrogens (tertiary/aromatic N) is 1. The first-order valence-electron chi connectivity index (χ1n) is 8.05. The Bertz CT molecular complexity index is 950. The second-order valence-electron chi connectivity index (χ2n) is 5.51. The number of benzene rings is 2. The summed E-state index contributed by atoms with van der Waals surface area (Å²) in [4.78, 5) is 15.1. The zero-order chi connectivity index (χ0) is 18.5. The third kappa shape index (κ3) is 4.88. The third-order valence-corrected chi connectivity index (χ3v) is 3.77. The van der Waals surface area contributed by atoms with Gasteiger partial charge in [0.25, 0.3) is 0 Å². The molecule has 0 saturated heterocycles. The fourth-order valence-electron chi connectivity index (χ4n) is 2.55. The molecule has 0 atom stereocenters. The second kappa shape index (κ2) is 9.22. The van der Waals surface area contributed by atoms with E-state index in [9.17, 15) is 14.3 Å². The van der Waals surface area contributed by atoms with Crippen molar-refractivity contribution in [3.8, 4) is 16.9 Å². The molecule has 0 spiro atoms. The van der Waals surface area contributed by atoms with Crippen LogP contribution in [0.25, 0.3) is 11.1 Å². The van der Waals surface area contributed by atoms with Crippen molar-refractivity contribution in [1.29, 1.82) is 0 Å². The summed E-state index contributed by atoms with van der Waals surface area (Å²) in [5.74, 6) is -0.891. The van der Waals surface area contributed by atoms with Crippen LogP contribution in [-0.4, -0.2) is 41.5 Å². The third-order valence-electron chi connectivity index (χ3n) is 3.77. The number of carboxylic acid groups (broad SMARTS) is 1. The van der Waals surface area contributed by atoms with E-state index >= 15 is 0 Å². The molecule has 0 unspecified atom stereocenters. The van der Waals surface area contributed by atoms with E-state index in [1.165, 1.54) is 24.5 Å². The Morgan fingerprint density at radius 3 is 2.63 bits per heavy atom. The summed E-state index contributed by atoms with van der Waals surface area (Å²) < 4.78 is 20.0. The number of hydrogen-bond donors (Lipinski definition) is 2. The van der Waals surface area contributed by atoms with Crippen LogP contribution in [0.3, 0.4) is 0 Å². The number of nitrogens with one attached hydrogen (secondary N) is 1. The molecule has 2 N–H and O–H groups in total. The fraction of sp³-hybridized carbons (Fsp3) is 0.100. The predicted octanol–water partition coefficient (Wildman–Crippen LogP) is 4.08. The minimum absolute atomic E-state index is 0. The monoisotopic (exact) mass is 360 g/mol. The quantitative estimate of drug-likeness (QED) is 0.648. The van der Waals surface area contributed by atoms with Gasteiger partial charge in [-0.05, 0) is 48.4 Å². The van der Waals surface area contributed by atoms with Gasteiger partial charge in [0.15, 0.2) is 0 Å². The van der Waals surface area contributed by atoms with E-state index < -0.39 is 11.8 Å². The number of pyridine rings is 1. The first-order chi connectivity index (χ1) is 12.6. The molecule has 0 aliphatic carbocycles. The van der Waals surface area contributed by atoms with Gasteiger partial charge in [0.2, 0.25) is 0 Å². The van der Waals surface area contributed by atoms with Gasteiger partial charge in [-0.15, -0.1) is 0 Å². The number of ether oxygens (including phenoxy) is 1. The maximum absolute atomic E-state index is 14.5. The zero-order valence-corrected chi connectivity index (χ0v) is 14.1. The summed E-state index contributed by atoms with van der Waals surface area (Å²) in [6.45, 7) is 2.45. The molecule has 1 aromatic heterocycles. The Morgan fingerprint density at radius 1 is 1.15 bits per heavy atom. The van der Waals surface area contributed by atoms with E-state index in [0.717, 1.165) is 5.56 Å². The second-order valence-corrected chi connectivity index (χ2v) is 5.51. The molecule has 3 rings (SSSR count). The summed E-state index contributed by atoms with van der Waals surface area (Å²) in [6, 6.07) is 13.5. The van der Waals surface area contributed by atoms with Gasteiger partial charge in [0.05, 0.1) is 29.7 Å². The Morgan fingerprint density at radius 2 is 1.93 bits per heavy atom. The van der Waals surface area contributed by atoms with Crippen molar-refractivity contribution < 1.29 is 19.0 Å². The van der Waals surface area contributed by atoms with Gasteiger partial charge >= 0.3 is 24.8 Å². The maximum atomic E-state index is 14.5. The van der Waals surface area contributed by atoms with Crippen molar-refractivity contribution in [1.82, 2.24) is 4.98 Å². The first kappa shape index (κ1) is 20.5. The van der Waals surface area contributed by atoms with Crippen LogP contribution < -0.4 is 10.1 Å². The van der Waals surface area contributed by atoms with Crippen molar-refractivity contribution >= 4 is 36.2 Å². The molecule has 7 heteroatoms. The Labute approximate surface area is 168 Å². The van der Waals surface area contributed by atoms with E-state index in [1.807, 2.05) is 31.2 Å². The van der Waals surface area contributed by atoms with Crippen LogP contribution in [0.1, 0.15) is 17.3 Å². The van der Waals surface area contributed by atoms with Crippen LogP contribution in [0, 0.1) is 5.82 Å². The minimum atomic E-state index is -1.11. The number of carboxylic acids is 1. The van der Waals surface area contributed by atoms with Crippen molar-refractivity contribution in [2.75, 3.05) is 11.9 Å². The summed E-state index contributed by atoms with van der Waals surface area (Å²) in [5, 5.41) is 12.0. The number of aromatic nitrogens is 1. The van der Waals surface area contributed by atoms with E-state index in [0.29, 0.717) is 17.9 Å². The number of anilines is 2. The summed E-state index contributed by atoms with van der Waals surface area (Å²) in [5.41, 5.74) is 1.94.